The highest BCUT2D eigenvalue weighted by atomic mass is 32.1. The minimum absolute atomic E-state index is 0.00318. The van der Waals surface area contributed by atoms with Crippen LogP contribution < -0.4 is 5.32 Å². The summed E-state index contributed by atoms with van der Waals surface area (Å²) in [5.41, 5.74) is 1.87. The van der Waals surface area contributed by atoms with Crippen LogP contribution in [-0.2, 0) is 27.1 Å². The van der Waals surface area contributed by atoms with Crippen molar-refractivity contribution in [1.82, 2.24) is 4.90 Å². The number of fused-ring (bicyclic) bond motifs is 1. The largest absolute Gasteiger partial charge is 0.347 e. The topological polar surface area (TPSA) is 74.6 Å². The highest BCUT2D eigenvalue weighted by Gasteiger charge is 2.39. The second-order valence-corrected chi connectivity index (χ2v) is 8.73. The van der Waals surface area contributed by atoms with Crippen LogP contribution >= 0.6 is 11.3 Å². The second kappa shape index (κ2) is 8.27. The molecule has 0 bridgehead atoms. The number of piperidine rings is 1. The number of thiophene rings is 1. The molecule has 1 spiro atoms. The van der Waals surface area contributed by atoms with Gasteiger partial charge in [0, 0.05) is 43.8 Å². The number of carbonyl (C=O) groups is 1. The highest BCUT2D eigenvalue weighted by Crippen LogP contribution is 2.37. The van der Waals surface area contributed by atoms with E-state index in [1.54, 1.807) is 11.3 Å². The van der Waals surface area contributed by atoms with E-state index < -0.39 is 0 Å². The molecule has 3 aliphatic rings. The van der Waals surface area contributed by atoms with Crippen LogP contribution in [0.2, 0.25) is 0 Å². The highest BCUT2D eigenvalue weighted by molar-refractivity contribution is 7.16. The molecule has 2 fully saturated rings. The summed E-state index contributed by atoms with van der Waals surface area (Å²) >= 11 is 1.60. The lowest BCUT2D eigenvalue weighted by atomic mass is 10.0. The molecule has 0 aromatic carbocycles. The fourth-order valence-electron chi connectivity index (χ4n) is 4.30. The first kappa shape index (κ1) is 18.9. The summed E-state index contributed by atoms with van der Waals surface area (Å²) in [6.45, 7) is 3.89. The lowest BCUT2D eigenvalue weighted by molar-refractivity contribution is -0.185. The van der Waals surface area contributed by atoms with Gasteiger partial charge < -0.3 is 19.7 Å². The molecule has 1 N–H and O–H groups in total. The summed E-state index contributed by atoms with van der Waals surface area (Å²) in [6, 6.07) is 2.33. The van der Waals surface area contributed by atoms with Gasteiger partial charge in [0.2, 0.25) is 5.91 Å². The molecule has 7 heteroatoms. The Morgan fingerprint density at radius 1 is 1.19 bits per heavy atom. The number of aryl methyl sites for hydroxylation is 1. The Bertz CT molecular complexity index is 724. The van der Waals surface area contributed by atoms with Crippen molar-refractivity contribution in [3.8, 4) is 6.07 Å². The first-order valence-electron chi connectivity index (χ1n) is 10.0. The summed E-state index contributed by atoms with van der Waals surface area (Å²) in [5.74, 6) is -0.369. The van der Waals surface area contributed by atoms with Crippen molar-refractivity contribution in [2.75, 3.05) is 38.2 Å². The van der Waals surface area contributed by atoms with Crippen LogP contribution in [-0.4, -0.2) is 49.4 Å². The number of ether oxygens (including phenoxy) is 2. The Morgan fingerprint density at radius 3 is 2.67 bits per heavy atom. The Hall–Kier alpha value is -1.46. The number of nitrogens with one attached hydrogen (secondary N) is 1. The van der Waals surface area contributed by atoms with Crippen LogP contribution in [0.4, 0.5) is 5.00 Å². The normalized spacial score (nSPS) is 22.2. The number of nitriles is 1. The number of hydrogen-bond donors (Lipinski definition) is 1. The number of likely N-dealkylation sites (tertiary alicyclic amines) is 1. The average molecular weight is 390 g/mol. The molecule has 0 atom stereocenters. The molecule has 1 aromatic heterocycles. The maximum Gasteiger partial charge on any atom is 0.226 e. The van der Waals surface area contributed by atoms with Gasteiger partial charge in [0.15, 0.2) is 5.79 Å². The van der Waals surface area contributed by atoms with Crippen molar-refractivity contribution in [3.05, 3.63) is 16.0 Å². The number of rotatable bonds is 4. The molecule has 0 saturated carbocycles. The van der Waals surface area contributed by atoms with E-state index in [2.05, 4.69) is 16.3 Å². The Morgan fingerprint density at radius 2 is 1.93 bits per heavy atom. The molecule has 146 valence electrons. The number of hydrogen-bond acceptors (Lipinski definition) is 6. The Kier molecular flexibility index (Phi) is 5.79. The number of anilines is 1. The standard InChI is InChI=1S/C20H27N3O3S/c21-14-16-15-4-2-1-3-5-17(15)27-19(16)22-18(24)6-9-23-10-7-20(8-11-23)25-12-13-26-20/h1-13H2,(H,22,24). The summed E-state index contributed by atoms with van der Waals surface area (Å²) in [7, 11) is 0. The molecular weight excluding hydrogens is 362 g/mol. The van der Waals surface area contributed by atoms with Gasteiger partial charge in [-0.3, -0.25) is 4.79 Å². The van der Waals surface area contributed by atoms with E-state index in [9.17, 15) is 10.1 Å². The van der Waals surface area contributed by atoms with E-state index in [4.69, 9.17) is 9.47 Å². The molecule has 4 rings (SSSR count). The van der Waals surface area contributed by atoms with Crippen LogP contribution in [0.15, 0.2) is 0 Å². The maximum atomic E-state index is 12.5. The van der Waals surface area contributed by atoms with E-state index in [-0.39, 0.29) is 11.7 Å². The second-order valence-electron chi connectivity index (χ2n) is 7.63. The minimum atomic E-state index is -0.366. The summed E-state index contributed by atoms with van der Waals surface area (Å²) in [6.07, 6.45) is 7.71. The molecule has 2 saturated heterocycles. The van der Waals surface area contributed by atoms with Gasteiger partial charge in [-0.1, -0.05) is 6.42 Å². The quantitative estimate of drug-likeness (QED) is 0.801. The number of amides is 1. The molecule has 1 aliphatic carbocycles. The minimum Gasteiger partial charge on any atom is -0.347 e. The molecular formula is C20H27N3O3S. The van der Waals surface area contributed by atoms with Crippen molar-refractivity contribution in [1.29, 1.82) is 5.26 Å². The van der Waals surface area contributed by atoms with E-state index in [0.717, 1.165) is 56.7 Å². The van der Waals surface area contributed by atoms with Gasteiger partial charge in [-0.2, -0.15) is 5.26 Å². The molecule has 3 heterocycles. The van der Waals surface area contributed by atoms with Gasteiger partial charge in [0.25, 0.3) is 0 Å². The molecule has 2 aliphatic heterocycles. The lowest BCUT2D eigenvalue weighted by Crippen LogP contribution is -2.45. The molecule has 1 amide bonds. The third-order valence-corrected chi connectivity index (χ3v) is 7.08. The zero-order chi connectivity index (χ0) is 18.7. The molecule has 1 aromatic rings. The SMILES string of the molecule is N#Cc1c(NC(=O)CCN2CCC3(CC2)OCCO3)sc2c1CCCCC2. The van der Waals surface area contributed by atoms with Crippen molar-refractivity contribution in [2.24, 2.45) is 0 Å². The fraction of sp³-hybridized carbons (Fsp3) is 0.700. The zero-order valence-corrected chi connectivity index (χ0v) is 16.5. The van der Waals surface area contributed by atoms with Crippen LogP contribution in [0.3, 0.4) is 0 Å². The van der Waals surface area contributed by atoms with Crippen molar-refractivity contribution < 1.29 is 14.3 Å². The van der Waals surface area contributed by atoms with E-state index in [0.29, 0.717) is 25.2 Å². The summed E-state index contributed by atoms with van der Waals surface area (Å²) < 4.78 is 11.5. The van der Waals surface area contributed by atoms with Gasteiger partial charge in [0.05, 0.1) is 18.8 Å². The van der Waals surface area contributed by atoms with Crippen molar-refractivity contribution in [2.45, 2.75) is 57.2 Å². The molecule has 0 radical (unpaired) electrons. The Labute approximate surface area is 164 Å². The maximum absolute atomic E-state index is 12.5. The predicted octanol–water partition coefficient (Wildman–Crippen LogP) is 3.06. The van der Waals surface area contributed by atoms with E-state index in [1.165, 1.54) is 23.3 Å². The number of carbonyl (C=O) groups excluding carboxylic acids is 1. The molecule has 6 nitrogen and oxygen atoms in total. The van der Waals surface area contributed by atoms with Crippen LogP contribution in [0, 0.1) is 11.3 Å². The van der Waals surface area contributed by atoms with Crippen LogP contribution in [0.5, 0.6) is 0 Å². The predicted molar refractivity (Wildman–Crippen MR) is 104 cm³/mol. The van der Waals surface area contributed by atoms with Crippen LogP contribution in [0.25, 0.3) is 0 Å². The van der Waals surface area contributed by atoms with Crippen molar-refractivity contribution in [3.63, 3.8) is 0 Å². The smallest absolute Gasteiger partial charge is 0.226 e. The first-order valence-corrected chi connectivity index (χ1v) is 10.9. The molecule has 27 heavy (non-hydrogen) atoms. The summed E-state index contributed by atoms with van der Waals surface area (Å²) in [4.78, 5) is 16.0. The van der Waals surface area contributed by atoms with E-state index >= 15 is 0 Å². The zero-order valence-electron chi connectivity index (χ0n) is 15.7. The lowest BCUT2D eigenvalue weighted by Gasteiger charge is -2.37. The van der Waals surface area contributed by atoms with Gasteiger partial charge in [-0.25, -0.2) is 0 Å². The van der Waals surface area contributed by atoms with Gasteiger partial charge >= 0.3 is 0 Å². The van der Waals surface area contributed by atoms with Gasteiger partial charge in [0.1, 0.15) is 11.1 Å². The number of nitrogens with zero attached hydrogens (tertiary/aromatic N) is 2. The van der Waals surface area contributed by atoms with Gasteiger partial charge in [-0.05, 0) is 31.2 Å². The van der Waals surface area contributed by atoms with Gasteiger partial charge in [-0.15, -0.1) is 11.3 Å². The van der Waals surface area contributed by atoms with Crippen molar-refractivity contribution >= 4 is 22.2 Å². The average Bonchev–Trinajstić information content (AvgIpc) is 3.18. The monoisotopic (exact) mass is 389 g/mol. The summed E-state index contributed by atoms with van der Waals surface area (Å²) in [5, 5.41) is 13.3. The fourth-order valence-corrected chi connectivity index (χ4v) is 5.56. The Balaban J connectivity index is 1.29. The third-order valence-electron chi connectivity index (χ3n) is 5.87. The van der Waals surface area contributed by atoms with Crippen LogP contribution in [0.1, 0.15) is 54.5 Å². The van der Waals surface area contributed by atoms with E-state index in [1.807, 2.05) is 0 Å². The first-order chi connectivity index (χ1) is 13.2. The third kappa shape index (κ3) is 4.19. The molecule has 0 unspecified atom stereocenters.